The first-order chi connectivity index (χ1) is 9.40. The van der Waals surface area contributed by atoms with Gasteiger partial charge in [-0.3, -0.25) is 14.9 Å². The van der Waals surface area contributed by atoms with Crippen LogP contribution in [-0.2, 0) is 18.3 Å². The van der Waals surface area contributed by atoms with Crippen LogP contribution in [0, 0.1) is 10.1 Å². The first kappa shape index (κ1) is 13.9. The van der Waals surface area contributed by atoms with Crippen LogP contribution in [0.2, 0.25) is 0 Å². The van der Waals surface area contributed by atoms with Gasteiger partial charge in [0.15, 0.2) is 0 Å². The minimum absolute atomic E-state index is 0.0237. The molecule has 2 aromatic rings. The maximum absolute atomic E-state index is 10.7. The van der Waals surface area contributed by atoms with Crippen molar-refractivity contribution in [2.45, 2.75) is 18.9 Å². The number of carbonyl (C=O) groups is 1. The molecule has 1 heterocycles. The number of nitrogens with two attached hydrogens (primary N) is 1. The molecule has 3 N–H and O–H groups in total. The monoisotopic (exact) mass is 278 g/mol. The van der Waals surface area contributed by atoms with Crippen molar-refractivity contribution in [3.05, 3.63) is 34.1 Å². The Labute approximate surface area is 114 Å². The summed E-state index contributed by atoms with van der Waals surface area (Å²) in [6, 6.07) is 3.50. The van der Waals surface area contributed by atoms with Crippen LogP contribution < -0.4 is 5.73 Å². The zero-order valence-electron chi connectivity index (χ0n) is 10.8. The number of aromatic nitrogens is 2. The predicted molar refractivity (Wildman–Crippen MR) is 71.3 cm³/mol. The van der Waals surface area contributed by atoms with Crippen LogP contribution in [0.15, 0.2) is 18.2 Å². The minimum Gasteiger partial charge on any atom is -0.480 e. The van der Waals surface area contributed by atoms with Gasteiger partial charge in [0.2, 0.25) is 0 Å². The van der Waals surface area contributed by atoms with Crippen LogP contribution in [0.25, 0.3) is 11.0 Å². The highest BCUT2D eigenvalue weighted by Crippen LogP contribution is 2.21. The van der Waals surface area contributed by atoms with Crippen molar-refractivity contribution < 1.29 is 14.8 Å². The molecule has 0 spiro atoms. The van der Waals surface area contributed by atoms with E-state index in [1.165, 1.54) is 12.1 Å². The number of nitrogens with zero attached hydrogens (tertiary/aromatic N) is 3. The summed E-state index contributed by atoms with van der Waals surface area (Å²) < 4.78 is 1.79. The third-order valence-electron chi connectivity index (χ3n) is 3.16. The van der Waals surface area contributed by atoms with Crippen LogP contribution >= 0.6 is 0 Å². The molecule has 0 amide bonds. The first-order valence-corrected chi connectivity index (χ1v) is 5.98. The maximum atomic E-state index is 10.7. The molecule has 0 saturated carbocycles. The SMILES string of the molecule is Cn1c(CC[C@@H](N)C(=O)O)nc2cc([N+](=O)[O-])ccc21. The molecule has 20 heavy (non-hydrogen) atoms. The Morgan fingerprint density at radius 3 is 2.90 bits per heavy atom. The Bertz CT molecular complexity index is 679. The number of imidazole rings is 1. The second-order valence-corrected chi connectivity index (χ2v) is 4.50. The Morgan fingerprint density at radius 1 is 1.60 bits per heavy atom. The summed E-state index contributed by atoms with van der Waals surface area (Å²) in [7, 11) is 1.78. The Balaban J connectivity index is 2.29. The van der Waals surface area contributed by atoms with Crippen LogP contribution in [-0.4, -0.2) is 31.6 Å². The molecular weight excluding hydrogens is 264 g/mol. The minimum atomic E-state index is -1.06. The normalized spacial score (nSPS) is 12.5. The molecule has 0 aliphatic rings. The summed E-state index contributed by atoms with van der Waals surface area (Å²) in [5, 5.41) is 19.5. The van der Waals surface area contributed by atoms with Crippen molar-refractivity contribution in [3.63, 3.8) is 0 Å². The van der Waals surface area contributed by atoms with E-state index in [9.17, 15) is 14.9 Å². The standard InChI is InChI=1S/C12H14N4O4/c1-15-10-4-2-7(16(19)20)6-9(10)14-11(15)5-3-8(13)12(17)18/h2,4,6,8H,3,5,13H2,1H3,(H,17,18)/t8-/m1/s1. The van der Waals surface area contributed by atoms with Crippen molar-refractivity contribution in [2.75, 3.05) is 0 Å². The number of nitro benzene ring substituents is 1. The van der Waals surface area contributed by atoms with E-state index in [-0.39, 0.29) is 12.1 Å². The number of non-ortho nitro benzene ring substituents is 1. The lowest BCUT2D eigenvalue weighted by Crippen LogP contribution is -2.30. The molecular formula is C12H14N4O4. The summed E-state index contributed by atoms with van der Waals surface area (Å²) >= 11 is 0. The second kappa shape index (κ2) is 5.25. The molecule has 0 unspecified atom stereocenters. The zero-order valence-corrected chi connectivity index (χ0v) is 10.8. The quantitative estimate of drug-likeness (QED) is 0.616. The summed E-state index contributed by atoms with van der Waals surface area (Å²) in [6.45, 7) is 0. The van der Waals surface area contributed by atoms with Crippen molar-refractivity contribution in [2.24, 2.45) is 12.8 Å². The predicted octanol–water partition coefficient (Wildman–Crippen LogP) is 0.826. The van der Waals surface area contributed by atoms with Gasteiger partial charge in [-0.25, -0.2) is 4.98 Å². The highest BCUT2D eigenvalue weighted by molar-refractivity contribution is 5.78. The maximum Gasteiger partial charge on any atom is 0.320 e. The van der Waals surface area contributed by atoms with E-state index in [0.717, 1.165) is 5.52 Å². The highest BCUT2D eigenvalue weighted by Gasteiger charge is 2.15. The summed E-state index contributed by atoms with van der Waals surface area (Å²) in [5.41, 5.74) is 6.70. The Morgan fingerprint density at radius 2 is 2.30 bits per heavy atom. The third-order valence-corrected chi connectivity index (χ3v) is 3.16. The molecule has 106 valence electrons. The van der Waals surface area contributed by atoms with Crippen molar-refractivity contribution >= 4 is 22.7 Å². The number of rotatable bonds is 5. The van der Waals surface area contributed by atoms with E-state index in [1.54, 1.807) is 17.7 Å². The van der Waals surface area contributed by atoms with Crippen LogP contribution in [0.5, 0.6) is 0 Å². The van der Waals surface area contributed by atoms with E-state index < -0.39 is 16.9 Å². The molecule has 0 radical (unpaired) electrons. The van der Waals surface area contributed by atoms with Gasteiger partial charge < -0.3 is 15.4 Å². The molecule has 0 aliphatic heterocycles. The zero-order chi connectivity index (χ0) is 14.9. The van der Waals surface area contributed by atoms with Gasteiger partial charge in [0.1, 0.15) is 11.9 Å². The highest BCUT2D eigenvalue weighted by atomic mass is 16.6. The number of aliphatic carboxylic acids is 1. The molecule has 1 aromatic carbocycles. The topological polar surface area (TPSA) is 124 Å². The summed E-state index contributed by atoms with van der Waals surface area (Å²) in [6.07, 6.45) is 0.654. The van der Waals surface area contributed by atoms with Gasteiger partial charge >= 0.3 is 5.97 Å². The van der Waals surface area contributed by atoms with Crippen molar-refractivity contribution in [3.8, 4) is 0 Å². The van der Waals surface area contributed by atoms with Gasteiger partial charge in [-0.2, -0.15) is 0 Å². The van der Waals surface area contributed by atoms with E-state index >= 15 is 0 Å². The van der Waals surface area contributed by atoms with Crippen LogP contribution in [0.3, 0.4) is 0 Å². The molecule has 0 aliphatic carbocycles. The lowest BCUT2D eigenvalue weighted by Gasteiger charge is -2.06. The lowest BCUT2D eigenvalue weighted by molar-refractivity contribution is -0.384. The second-order valence-electron chi connectivity index (χ2n) is 4.50. The first-order valence-electron chi connectivity index (χ1n) is 5.98. The lowest BCUT2D eigenvalue weighted by atomic mass is 10.1. The third kappa shape index (κ3) is 2.59. The number of carboxylic acids is 1. The van der Waals surface area contributed by atoms with E-state index in [0.29, 0.717) is 17.8 Å². The summed E-state index contributed by atoms with van der Waals surface area (Å²) in [4.78, 5) is 25.2. The molecule has 0 bridgehead atoms. The van der Waals surface area contributed by atoms with Gasteiger partial charge in [-0.15, -0.1) is 0 Å². The Hall–Kier alpha value is -2.48. The number of nitro groups is 1. The molecule has 2 rings (SSSR count). The van der Waals surface area contributed by atoms with Crippen molar-refractivity contribution in [1.82, 2.24) is 9.55 Å². The molecule has 0 saturated heterocycles. The fourth-order valence-electron chi connectivity index (χ4n) is 1.98. The molecule has 8 heteroatoms. The van der Waals surface area contributed by atoms with Gasteiger partial charge in [0, 0.05) is 25.6 Å². The number of hydrogen-bond acceptors (Lipinski definition) is 5. The Kier molecular flexibility index (Phi) is 3.66. The number of aryl methyl sites for hydroxylation is 2. The average molecular weight is 278 g/mol. The van der Waals surface area contributed by atoms with Gasteiger partial charge in [0.05, 0.1) is 16.0 Å². The fourth-order valence-corrected chi connectivity index (χ4v) is 1.98. The number of hydrogen-bond donors (Lipinski definition) is 2. The summed E-state index contributed by atoms with van der Waals surface area (Å²) in [5.74, 6) is -0.406. The van der Waals surface area contributed by atoms with E-state index in [4.69, 9.17) is 10.8 Å². The van der Waals surface area contributed by atoms with E-state index in [1.807, 2.05) is 0 Å². The molecule has 8 nitrogen and oxygen atoms in total. The van der Waals surface area contributed by atoms with Gasteiger partial charge in [-0.05, 0) is 12.5 Å². The van der Waals surface area contributed by atoms with Crippen LogP contribution in [0.1, 0.15) is 12.2 Å². The van der Waals surface area contributed by atoms with Gasteiger partial charge in [0.25, 0.3) is 5.69 Å². The van der Waals surface area contributed by atoms with Crippen LogP contribution in [0.4, 0.5) is 5.69 Å². The van der Waals surface area contributed by atoms with Gasteiger partial charge in [-0.1, -0.05) is 0 Å². The average Bonchev–Trinajstić information content (AvgIpc) is 2.72. The van der Waals surface area contributed by atoms with Crippen molar-refractivity contribution in [1.29, 1.82) is 0 Å². The largest absolute Gasteiger partial charge is 0.480 e. The number of carboxylic acid groups (broad SMARTS) is 1. The molecule has 0 fully saturated rings. The number of benzene rings is 1. The van der Waals surface area contributed by atoms with E-state index in [2.05, 4.69) is 4.98 Å². The molecule has 1 atom stereocenters. The molecule has 1 aromatic heterocycles. The number of fused-ring (bicyclic) bond motifs is 1. The smallest absolute Gasteiger partial charge is 0.320 e. The fraction of sp³-hybridized carbons (Fsp3) is 0.333.